The Morgan fingerprint density at radius 1 is 1.73 bits per heavy atom. The maximum atomic E-state index is 10.4. The number of nitrogens with one attached hydrogen (secondary N) is 1. The minimum absolute atomic E-state index is 0.696. The minimum atomic E-state index is -2.24. The molecule has 66 valence electrons. The Morgan fingerprint density at radius 2 is 2.27 bits per heavy atom. The van der Waals surface area contributed by atoms with Crippen LogP contribution in [0.5, 0.6) is 0 Å². The third-order valence-electron chi connectivity index (χ3n) is 0.796. The van der Waals surface area contributed by atoms with Crippen LogP contribution in [0.3, 0.4) is 0 Å². The quantitative estimate of drug-likeness (QED) is 0.655. The maximum absolute atomic E-state index is 10.4. The van der Waals surface area contributed by atoms with Gasteiger partial charge in [-0.05, 0) is 33.7 Å². The average molecular weight is 163 g/mol. The number of carbonyl (C=O) groups is 1. The molecule has 11 heavy (non-hydrogen) atoms. The molecule has 1 atom stereocenters. The summed E-state index contributed by atoms with van der Waals surface area (Å²) in [5.41, 5.74) is -0.696. The summed E-state index contributed by atoms with van der Waals surface area (Å²) in [5, 5.41) is 9.25. The molecule has 3 nitrogen and oxygen atoms in total. The van der Waals surface area contributed by atoms with E-state index in [1.807, 2.05) is 0 Å². The Kier molecular flexibility index (Phi) is 2.03. The van der Waals surface area contributed by atoms with Crippen molar-refractivity contribution in [3.63, 3.8) is 0 Å². The molecule has 0 aliphatic rings. The first kappa shape index (κ1) is 5.14. The second-order valence-electron chi connectivity index (χ2n) is 3.20. The van der Waals surface area contributed by atoms with E-state index in [4.69, 9.17) is 10.6 Å². The first-order chi connectivity index (χ1) is 6.48. The van der Waals surface area contributed by atoms with Gasteiger partial charge in [-0.25, -0.2) is 0 Å². The van der Waals surface area contributed by atoms with Crippen LogP contribution in [0.25, 0.3) is 0 Å². The van der Waals surface area contributed by atoms with Gasteiger partial charge < -0.3 is 10.4 Å². The summed E-state index contributed by atoms with van der Waals surface area (Å²) >= 11 is 0. The predicted octanol–water partition coefficient (Wildman–Crippen LogP) is 1.24. The van der Waals surface area contributed by atoms with Crippen molar-refractivity contribution >= 4 is 5.97 Å². The van der Waals surface area contributed by atoms with E-state index in [0.29, 0.717) is 0 Å². The molecule has 3 heteroatoms. The fourth-order valence-corrected chi connectivity index (χ4v) is 0.372. The lowest BCUT2D eigenvalue weighted by Crippen LogP contribution is -2.36. The third kappa shape index (κ3) is 9.43. The van der Waals surface area contributed by atoms with Gasteiger partial charge in [0.2, 0.25) is 0 Å². The highest BCUT2D eigenvalue weighted by molar-refractivity contribution is 5.66. The number of carboxylic acids is 1. The molecule has 0 saturated carbocycles. The highest BCUT2D eigenvalue weighted by Crippen LogP contribution is 1.98. The summed E-state index contributed by atoms with van der Waals surface area (Å²) in [7, 11) is 0. The van der Waals surface area contributed by atoms with Gasteiger partial charge in [-0.1, -0.05) is 0 Å². The van der Waals surface area contributed by atoms with Crippen molar-refractivity contribution in [2.45, 2.75) is 39.1 Å². The number of carboxylic acid groups (broad SMARTS) is 1. The zero-order chi connectivity index (χ0) is 12.4. The van der Waals surface area contributed by atoms with Crippen molar-refractivity contribution in [3.05, 3.63) is 0 Å². The lowest BCUT2D eigenvalue weighted by molar-refractivity contribution is -0.137. The van der Waals surface area contributed by atoms with Gasteiger partial charge in [-0.2, -0.15) is 0 Å². The van der Waals surface area contributed by atoms with Crippen LogP contribution in [-0.4, -0.2) is 23.1 Å². The smallest absolute Gasteiger partial charge is 0.303 e. The molecule has 0 heterocycles. The van der Waals surface area contributed by atoms with Crippen molar-refractivity contribution in [1.29, 1.82) is 0 Å². The molecule has 0 radical (unpaired) electrons. The van der Waals surface area contributed by atoms with E-state index < -0.39 is 30.8 Å². The molecule has 0 rings (SSSR count). The van der Waals surface area contributed by atoms with Gasteiger partial charge in [0, 0.05) is 16.1 Å². The van der Waals surface area contributed by atoms with E-state index in [2.05, 4.69) is 0 Å². The standard InChI is InChI=1S/C8H17NO2/c1-8(2,3)9-6-4-5-7(10)11/h9H,4-6H2,1-3H3,(H,10,11)/i4D2,6D/hD. The lowest BCUT2D eigenvalue weighted by Gasteiger charge is -2.19. The topological polar surface area (TPSA) is 49.3 Å². The Balaban J connectivity index is 4.68. The number of hydrogen-bond donors (Lipinski definition) is 2. The van der Waals surface area contributed by atoms with Crippen LogP contribution in [0.4, 0.5) is 0 Å². The first-order valence-corrected chi connectivity index (χ1v) is 3.41. The second kappa shape index (κ2) is 4.34. The van der Waals surface area contributed by atoms with Gasteiger partial charge in [0.15, 0.2) is 0 Å². The maximum Gasteiger partial charge on any atom is 0.303 e. The molecular weight excluding hydrogens is 142 g/mol. The van der Waals surface area contributed by atoms with Crippen molar-refractivity contribution in [2.75, 3.05) is 6.52 Å². The Morgan fingerprint density at radius 3 is 2.64 bits per heavy atom. The monoisotopic (exact) mass is 163 g/mol. The summed E-state index contributed by atoms with van der Waals surface area (Å²) < 4.78 is 29.9. The normalized spacial score (nSPS) is 21.5. The SMILES string of the molecule is [2H]C(N([2H])C(C)(C)C)C([2H])([2H])CC(=O)O. The third-order valence-corrected chi connectivity index (χ3v) is 0.796. The van der Waals surface area contributed by atoms with Crippen LogP contribution < -0.4 is 5.31 Å². The van der Waals surface area contributed by atoms with Crippen molar-refractivity contribution < 1.29 is 15.4 Å². The fraction of sp³-hybridized carbons (Fsp3) is 0.875. The predicted molar refractivity (Wildman–Crippen MR) is 44.6 cm³/mol. The molecule has 0 bridgehead atoms. The zero-order valence-electron chi connectivity index (χ0n) is 11.1. The van der Waals surface area contributed by atoms with Gasteiger partial charge >= 0.3 is 5.97 Å². The van der Waals surface area contributed by atoms with Crippen LogP contribution >= 0.6 is 0 Å². The summed E-state index contributed by atoms with van der Waals surface area (Å²) in [6.07, 6.45) is -3.01. The Hall–Kier alpha value is -0.570. The number of rotatable bonds is 4. The molecule has 0 aromatic carbocycles. The van der Waals surface area contributed by atoms with Gasteiger partial charge in [0.05, 0.1) is 0 Å². The zero-order valence-corrected chi connectivity index (χ0v) is 7.09. The van der Waals surface area contributed by atoms with Crippen molar-refractivity contribution in [1.82, 2.24) is 5.31 Å². The summed E-state index contributed by atoms with van der Waals surface area (Å²) in [4.78, 5) is 10.4. The van der Waals surface area contributed by atoms with E-state index in [1.165, 1.54) is 0 Å². The van der Waals surface area contributed by atoms with Crippen molar-refractivity contribution in [3.8, 4) is 0 Å². The molecule has 1 unspecified atom stereocenters. The Labute approximate surface area is 73.5 Å². The molecule has 0 saturated heterocycles. The molecule has 0 amide bonds. The average Bonchev–Trinajstić information content (AvgIpc) is 1.97. The van der Waals surface area contributed by atoms with Crippen LogP contribution in [0, 0.1) is 0 Å². The lowest BCUT2D eigenvalue weighted by atomic mass is 10.1. The number of hydrogen-bond acceptors (Lipinski definition) is 2. The van der Waals surface area contributed by atoms with Crippen LogP contribution in [-0.2, 0) is 4.79 Å². The van der Waals surface area contributed by atoms with E-state index >= 15 is 0 Å². The molecule has 0 fully saturated rings. The number of aliphatic carboxylic acids is 1. The highest BCUT2D eigenvalue weighted by atomic mass is 16.4. The van der Waals surface area contributed by atoms with Crippen molar-refractivity contribution in [2.24, 2.45) is 0 Å². The molecule has 0 spiro atoms. The van der Waals surface area contributed by atoms with E-state index in [1.54, 1.807) is 20.8 Å². The molecule has 2 N–H and O–H groups in total. The van der Waals surface area contributed by atoms with E-state index in [-0.39, 0.29) is 0 Å². The Bertz CT molecular complexity index is 239. The van der Waals surface area contributed by atoms with Crippen LogP contribution in [0.15, 0.2) is 0 Å². The molecular formula is C8H17NO2. The minimum Gasteiger partial charge on any atom is -0.481 e. The van der Waals surface area contributed by atoms with E-state index in [9.17, 15) is 4.79 Å². The molecule has 0 aromatic heterocycles. The van der Waals surface area contributed by atoms with Crippen LogP contribution in [0.1, 0.15) is 37.7 Å². The summed E-state index contributed by atoms with van der Waals surface area (Å²) in [6, 6.07) is 0. The largest absolute Gasteiger partial charge is 0.481 e. The highest BCUT2D eigenvalue weighted by Gasteiger charge is 2.07. The van der Waals surface area contributed by atoms with Gasteiger partial charge in [0.1, 0.15) is 1.41 Å². The molecule has 0 aliphatic heterocycles. The summed E-state index contributed by atoms with van der Waals surface area (Å²) in [6.45, 7) is 3.48. The molecule has 0 aliphatic carbocycles. The van der Waals surface area contributed by atoms with Crippen LogP contribution in [0.2, 0.25) is 1.41 Å². The second-order valence-corrected chi connectivity index (χ2v) is 3.20. The molecule has 0 aromatic rings. The fourth-order valence-electron chi connectivity index (χ4n) is 0.372. The van der Waals surface area contributed by atoms with E-state index in [0.717, 1.165) is 5.31 Å². The van der Waals surface area contributed by atoms with Gasteiger partial charge in [-0.3, -0.25) is 4.79 Å². The van der Waals surface area contributed by atoms with Gasteiger partial charge in [0.25, 0.3) is 0 Å². The van der Waals surface area contributed by atoms with Gasteiger partial charge in [-0.15, -0.1) is 0 Å². The summed E-state index contributed by atoms with van der Waals surface area (Å²) in [5.74, 6) is -1.31. The first-order valence-electron chi connectivity index (χ1n) is 5.43.